The summed E-state index contributed by atoms with van der Waals surface area (Å²) in [6, 6.07) is 13.1. The highest BCUT2D eigenvalue weighted by Crippen LogP contribution is 2.25. The van der Waals surface area contributed by atoms with E-state index in [1.54, 1.807) is 30.3 Å². The number of nitrogens with one attached hydrogen (secondary N) is 1. The van der Waals surface area contributed by atoms with E-state index in [0.29, 0.717) is 0 Å². The van der Waals surface area contributed by atoms with Crippen molar-refractivity contribution in [2.45, 2.75) is 18.6 Å². The average Bonchev–Trinajstić information content (AvgIpc) is 2.59. The first-order valence-electron chi connectivity index (χ1n) is 7.46. The zero-order valence-electron chi connectivity index (χ0n) is 13.2. The van der Waals surface area contributed by atoms with Gasteiger partial charge in [-0.25, -0.2) is 4.39 Å². The molecule has 2 rings (SSSR count). The van der Waals surface area contributed by atoms with Crippen LogP contribution in [0.1, 0.15) is 17.5 Å². The molecule has 0 radical (unpaired) electrons. The maximum atomic E-state index is 13.1. The second-order valence-electron chi connectivity index (χ2n) is 5.45. The molecule has 0 saturated heterocycles. The number of halogens is 1. The molecule has 0 aromatic heterocycles. The van der Waals surface area contributed by atoms with E-state index in [2.05, 4.69) is 5.32 Å². The van der Waals surface area contributed by atoms with Gasteiger partial charge in [0.2, 0.25) is 11.5 Å². The summed E-state index contributed by atoms with van der Waals surface area (Å²) < 4.78 is 13.1. The molecule has 1 atom stereocenters. The first kappa shape index (κ1) is 18.3. The zero-order valence-corrected chi connectivity index (χ0v) is 13.2. The summed E-state index contributed by atoms with van der Waals surface area (Å²) in [5, 5.41) is 13.2. The number of nitrogens with two attached hydrogens (primary N) is 1. The fourth-order valence-corrected chi connectivity index (χ4v) is 2.30. The van der Waals surface area contributed by atoms with Crippen molar-refractivity contribution in [3.63, 3.8) is 0 Å². The van der Waals surface area contributed by atoms with Crippen molar-refractivity contribution >= 4 is 17.6 Å². The summed E-state index contributed by atoms with van der Waals surface area (Å²) in [5.41, 5.74) is 2.96. The number of carbonyl (C=O) groups excluding carboxylic acids is 3. The molecule has 7 heteroatoms. The third-order valence-electron chi connectivity index (χ3n) is 3.62. The Bertz CT molecular complexity index is 777. The van der Waals surface area contributed by atoms with Crippen LogP contribution < -0.4 is 11.1 Å². The van der Waals surface area contributed by atoms with Crippen molar-refractivity contribution in [3.8, 4) is 0 Å². The lowest BCUT2D eigenvalue weighted by atomic mass is 9.86. The molecule has 2 amide bonds. The standard InChI is InChI=1S/C18H17FN2O4/c19-14-8-6-13(7-9-14)18(25,15(22)10-16(20)23)17(24)21-11-12-4-2-1-3-5-12/h1-9,25H,10-11H2,(H2,20,23)(H,21,24). The first-order valence-corrected chi connectivity index (χ1v) is 7.46. The highest BCUT2D eigenvalue weighted by Gasteiger charge is 2.45. The van der Waals surface area contributed by atoms with Crippen molar-refractivity contribution in [1.82, 2.24) is 5.32 Å². The number of amides is 2. The molecule has 0 fully saturated rings. The highest BCUT2D eigenvalue weighted by atomic mass is 19.1. The predicted octanol–water partition coefficient (Wildman–Crippen LogP) is 0.774. The summed E-state index contributed by atoms with van der Waals surface area (Å²) in [6.45, 7) is 0.0625. The van der Waals surface area contributed by atoms with E-state index in [4.69, 9.17) is 5.73 Å². The van der Waals surface area contributed by atoms with Gasteiger partial charge in [-0.05, 0) is 17.7 Å². The number of rotatable bonds is 7. The smallest absolute Gasteiger partial charge is 0.264 e. The monoisotopic (exact) mass is 344 g/mol. The molecular formula is C18H17FN2O4. The number of Topliss-reactive ketones (excluding diaryl/α,β-unsaturated/α-hetero) is 1. The lowest BCUT2D eigenvalue weighted by molar-refractivity contribution is -0.154. The second-order valence-corrected chi connectivity index (χ2v) is 5.45. The molecule has 2 aromatic rings. The van der Waals surface area contributed by atoms with Gasteiger partial charge < -0.3 is 16.2 Å². The van der Waals surface area contributed by atoms with Gasteiger partial charge in [0.15, 0.2) is 5.78 Å². The third kappa shape index (κ3) is 4.27. The Labute approximate surface area is 143 Å². The van der Waals surface area contributed by atoms with Gasteiger partial charge in [0, 0.05) is 12.1 Å². The van der Waals surface area contributed by atoms with E-state index >= 15 is 0 Å². The molecular weight excluding hydrogens is 327 g/mol. The van der Waals surface area contributed by atoms with Crippen LogP contribution in [0.25, 0.3) is 0 Å². The van der Waals surface area contributed by atoms with Crippen LogP contribution in [0.3, 0.4) is 0 Å². The molecule has 1 unspecified atom stereocenters. The Morgan fingerprint density at radius 1 is 1.04 bits per heavy atom. The molecule has 4 N–H and O–H groups in total. The zero-order chi connectivity index (χ0) is 18.4. The maximum absolute atomic E-state index is 13.1. The van der Waals surface area contributed by atoms with Gasteiger partial charge in [-0.1, -0.05) is 42.5 Å². The number of primary amides is 1. The van der Waals surface area contributed by atoms with E-state index in [1.165, 1.54) is 0 Å². The van der Waals surface area contributed by atoms with E-state index < -0.39 is 35.4 Å². The first-order chi connectivity index (χ1) is 11.8. The Hall–Kier alpha value is -3.06. The molecule has 0 aliphatic carbocycles. The van der Waals surface area contributed by atoms with Gasteiger partial charge in [0.25, 0.3) is 5.91 Å². The normalized spacial score (nSPS) is 12.9. The molecule has 25 heavy (non-hydrogen) atoms. The third-order valence-corrected chi connectivity index (χ3v) is 3.62. The quantitative estimate of drug-likeness (QED) is 0.645. The summed E-state index contributed by atoms with van der Waals surface area (Å²) in [5.74, 6) is -3.69. The van der Waals surface area contributed by atoms with Gasteiger partial charge in [-0.2, -0.15) is 0 Å². The molecule has 6 nitrogen and oxygen atoms in total. The van der Waals surface area contributed by atoms with Crippen molar-refractivity contribution < 1.29 is 23.9 Å². The Morgan fingerprint density at radius 3 is 2.20 bits per heavy atom. The number of hydrogen-bond donors (Lipinski definition) is 3. The van der Waals surface area contributed by atoms with Gasteiger partial charge in [0.1, 0.15) is 5.82 Å². The van der Waals surface area contributed by atoms with Gasteiger partial charge >= 0.3 is 0 Å². The van der Waals surface area contributed by atoms with Gasteiger partial charge in [0.05, 0.1) is 6.42 Å². The summed E-state index contributed by atoms with van der Waals surface area (Å²) in [6.07, 6.45) is -0.827. The van der Waals surface area contributed by atoms with Crippen LogP contribution in [0, 0.1) is 5.82 Å². The van der Waals surface area contributed by atoms with Crippen LogP contribution in [0.15, 0.2) is 54.6 Å². The molecule has 0 spiro atoms. The SMILES string of the molecule is NC(=O)CC(=O)C(O)(C(=O)NCc1ccccc1)c1ccc(F)cc1. The van der Waals surface area contributed by atoms with Crippen LogP contribution in [-0.4, -0.2) is 22.7 Å². The van der Waals surface area contributed by atoms with Crippen LogP contribution >= 0.6 is 0 Å². The molecule has 0 aliphatic rings. The van der Waals surface area contributed by atoms with E-state index in [9.17, 15) is 23.9 Å². The molecule has 0 aliphatic heterocycles. The number of carbonyl (C=O) groups is 3. The lowest BCUT2D eigenvalue weighted by Crippen LogP contribution is -2.51. The lowest BCUT2D eigenvalue weighted by Gasteiger charge is -2.25. The highest BCUT2D eigenvalue weighted by molar-refractivity contribution is 6.14. The number of hydrogen-bond acceptors (Lipinski definition) is 4. The summed E-state index contributed by atoms with van der Waals surface area (Å²) in [7, 11) is 0. The topological polar surface area (TPSA) is 109 Å². The fourth-order valence-electron chi connectivity index (χ4n) is 2.30. The molecule has 2 aromatic carbocycles. The van der Waals surface area contributed by atoms with Gasteiger partial charge in [-0.3, -0.25) is 14.4 Å². The second kappa shape index (κ2) is 7.67. The van der Waals surface area contributed by atoms with Crippen molar-refractivity contribution in [3.05, 3.63) is 71.5 Å². The van der Waals surface area contributed by atoms with Crippen molar-refractivity contribution in [1.29, 1.82) is 0 Å². The van der Waals surface area contributed by atoms with Crippen LogP contribution in [0.5, 0.6) is 0 Å². The summed E-state index contributed by atoms with van der Waals surface area (Å²) >= 11 is 0. The maximum Gasteiger partial charge on any atom is 0.264 e. The molecule has 130 valence electrons. The van der Waals surface area contributed by atoms with Crippen molar-refractivity contribution in [2.24, 2.45) is 5.73 Å². The Balaban J connectivity index is 2.29. The van der Waals surface area contributed by atoms with Crippen LogP contribution in [0.4, 0.5) is 4.39 Å². The minimum absolute atomic E-state index is 0.0625. The van der Waals surface area contributed by atoms with E-state index in [1.807, 2.05) is 0 Å². The number of aliphatic hydroxyl groups is 1. The van der Waals surface area contributed by atoms with Crippen molar-refractivity contribution in [2.75, 3.05) is 0 Å². The predicted molar refractivity (Wildman–Crippen MR) is 87.4 cm³/mol. The van der Waals surface area contributed by atoms with Gasteiger partial charge in [-0.15, -0.1) is 0 Å². The number of benzene rings is 2. The van der Waals surface area contributed by atoms with E-state index in [-0.39, 0.29) is 12.1 Å². The van der Waals surface area contributed by atoms with E-state index in [0.717, 1.165) is 29.8 Å². The molecule has 0 bridgehead atoms. The fraction of sp³-hybridized carbons (Fsp3) is 0.167. The Kier molecular flexibility index (Phi) is 5.61. The summed E-state index contributed by atoms with van der Waals surface area (Å²) in [4.78, 5) is 35.9. The van der Waals surface area contributed by atoms with Crippen LogP contribution in [-0.2, 0) is 26.5 Å². The largest absolute Gasteiger partial charge is 0.370 e. The number of ketones is 1. The van der Waals surface area contributed by atoms with Crippen LogP contribution in [0.2, 0.25) is 0 Å². The average molecular weight is 344 g/mol. The molecule has 0 heterocycles. The molecule has 0 saturated carbocycles. The minimum atomic E-state index is -2.64. The Morgan fingerprint density at radius 2 is 1.64 bits per heavy atom. The minimum Gasteiger partial charge on any atom is -0.370 e.